The minimum atomic E-state index is -3.69. The van der Waals surface area contributed by atoms with E-state index in [1.807, 2.05) is 29.6 Å². The molecule has 0 radical (unpaired) electrons. The Hall–Kier alpha value is -2.95. The Morgan fingerprint density at radius 2 is 1.86 bits per heavy atom. The lowest BCUT2D eigenvalue weighted by atomic mass is 9.99. The third kappa shape index (κ3) is 6.01. The molecule has 1 unspecified atom stereocenters. The first kappa shape index (κ1) is 25.2. The molecule has 0 saturated carbocycles. The maximum absolute atomic E-state index is 13.1. The molecule has 1 aliphatic rings. The zero-order valence-corrected chi connectivity index (χ0v) is 21.4. The molecule has 3 aromatic rings. The van der Waals surface area contributed by atoms with E-state index in [9.17, 15) is 13.2 Å². The van der Waals surface area contributed by atoms with Crippen molar-refractivity contribution in [3.8, 4) is 22.8 Å². The molecule has 1 atom stereocenters. The smallest absolute Gasteiger partial charge is 0.243 e. The van der Waals surface area contributed by atoms with Crippen LogP contribution in [0.3, 0.4) is 0 Å². The molecule has 10 heteroatoms. The molecule has 8 nitrogen and oxygen atoms in total. The number of amides is 1. The lowest BCUT2D eigenvalue weighted by molar-refractivity contribution is -0.120. The molecule has 4 rings (SSSR count). The third-order valence-corrected chi connectivity index (χ3v) is 8.45. The maximum atomic E-state index is 13.1. The van der Waals surface area contributed by atoms with Gasteiger partial charge in [-0.1, -0.05) is 6.92 Å². The van der Waals surface area contributed by atoms with E-state index in [-0.39, 0.29) is 17.3 Å². The van der Waals surface area contributed by atoms with Gasteiger partial charge in [0.15, 0.2) is 5.13 Å². The fraction of sp³-hybridized carbons (Fsp3) is 0.360. The number of sulfonamides is 1. The van der Waals surface area contributed by atoms with Crippen LogP contribution in [0.1, 0.15) is 26.2 Å². The van der Waals surface area contributed by atoms with Crippen LogP contribution in [0.25, 0.3) is 11.3 Å². The normalized spacial score (nSPS) is 16.6. The molecular formula is C25H29N3O5S2. The minimum Gasteiger partial charge on any atom is -0.497 e. The second-order valence-electron chi connectivity index (χ2n) is 8.28. The zero-order chi connectivity index (χ0) is 24.8. The van der Waals surface area contributed by atoms with Crippen molar-refractivity contribution in [1.29, 1.82) is 0 Å². The van der Waals surface area contributed by atoms with Crippen LogP contribution in [0.15, 0.2) is 58.8 Å². The Kier molecular flexibility index (Phi) is 8.04. The number of carbonyl (C=O) groups is 1. The van der Waals surface area contributed by atoms with Crippen molar-refractivity contribution in [2.75, 3.05) is 32.1 Å². The monoisotopic (exact) mass is 515 g/mol. The number of hydrogen-bond donors (Lipinski definition) is 1. The molecule has 186 valence electrons. The second kappa shape index (κ2) is 11.2. The second-order valence-corrected chi connectivity index (χ2v) is 11.1. The van der Waals surface area contributed by atoms with Gasteiger partial charge in [-0.3, -0.25) is 4.79 Å². The summed E-state index contributed by atoms with van der Waals surface area (Å²) < 4.78 is 38.3. The number of carbonyl (C=O) groups excluding carboxylic acids is 1. The summed E-state index contributed by atoms with van der Waals surface area (Å²) in [7, 11) is -2.16. The van der Waals surface area contributed by atoms with Crippen LogP contribution in [0, 0.1) is 5.92 Å². The van der Waals surface area contributed by atoms with E-state index in [1.165, 1.54) is 34.9 Å². The van der Waals surface area contributed by atoms with Crippen molar-refractivity contribution in [3.63, 3.8) is 0 Å². The van der Waals surface area contributed by atoms with Crippen molar-refractivity contribution in [2.45, 2.75) is 31.1 Å². The largest absolute Gasteiger partial charge is 0.497 e. The number of ether oxygens (including phenoxy) is 2. The van der Waals surface area contributed by atoms with Crippen LogP contribution in [0.2, 0.25) is 0 Å². The van der Waals surface area contributed by atoms with Crippen molar-refractivity contribution >= 4 is 32.4 Å². The van der Waals surface area contributed by atoms with E-state index in [2.05, 4.69) is 17.2 Å². The average molecular weight is 516 g/mol. The number of hydrogen-bond acceptors (Lipinski definition) is 7. The van der Waals surface area contributed by atoms with Crippen LogP contribution >= 0.6 is 11.3 Å². The summed E-state index contributed by atoms with van der Waals surface area (Å²) in [6, 6.07) is 14.0. The van der Waals surface area contributed by atoms with E-state index < -0.39 is 15.9 Å². The summed E-state index contributed by atoms with van der Waals surface area (Å²) in [5.41, 5.74) is 1.69. The predicted octanol–water partition coefficient (Wildman–Crippen LogP) is 4.65. The van der Waals surface area contributed by atoms with Crippen molar-refractivity contribution in [1.82, 2.24) is 9.29 Å². The molecule has 1 amide bonds. The number of aromatic nitrogens is 1. The highest BCUT2D eigenvalue weighted by atomic mass is 32.2. The number of methoxy groups -OCH3 is 1. The van der Waals surface area contributed by atoms with E-state index >= 15 is 0 Å². The van der Waals surface area contributed by atoms with Crippen LogP contribution in [0.5, 0.6) is 11.5 Å². The van der Waals surface area contributed by atoms with Crippen LogP contribution < -0.4 is 14.8 Å². The Morgan fingerprint density at radius 1 is 1.14 bits per heavy atom. The standard InChI is InChI=1S/C25H29N3O5S2/c1-3-15-33-21-8-6-18(7-9-21)23-17-34-25(26-23)27-24(29)19-5-4-14-28(16-19)35(30,31)22-12-10-20(32-2)11-13-22/h6-13,17,19H,3-5,14-16H2,1-2H3,(H,26,27,29). The number of thiazole rings is 1. The maximum Gasteiger partial charge on any atom is 0.243 e. The fourth-order valence-electron chi connectivity index (χ4n) is 3.88. The molecule has 0 bridgehead atoms. The number of anilines is 1. The number of piperidine rings is 1. The average Bonchev–Trinajstić information content (AvgIpc) is 3.36. The highest BCUT2D eigenvalue weighted by Crippen LogP contribution is 2.29. The number of benzene rings is 2. The van der Waals surface area contributed by atoms with Gasteiger partial charge in [0.2, 0.25) is 15.9 Å². The topological polar surface area (TPSA) is 97.8 Å². The Balaban J connectivity index is 1.39. The summed E-state index contributed by atoms with van der Waals surface area (Å²) >= 11 is 1.34. The highest BCUT2D eigenvalue weighted by Gasteiger charge is 2.33. The van der Waals surface area contributed by atoms with E-state index in [0.29, 0.717) is 36.9 Å². The number of rotatable bonds is 9. The summed E-state index contributed by atoms with van der Waals surface area (Å²) in [6.07, 6.45) is 2.18. The van der Waals surface area contributed by atoms with Gasteiger partial charge in [0, 0.05) is 24.0 Å². The van der Waals surface area contributed by atoms with Crippen LogP contribution in [0.4, 0.5) is 5.13 Å². The number of nitrogens with zero attached hydrogens (tertiary/aromatic N) is 2. The van der Waals surface area contributed by atoms with Gasteiger partial charge in [-0.2, -0.15) is 4.31 Å². The third-order valence-electron chi connectivity index (χ3n) is 5.81. The van der Waals surface area contributed by atoms with Gasteiger partial charge < -0.3 is 14.8 Å². The lowest BCUT2D eigenvalue weighted by Gasteiger charge is -2.31. The van der Waals surface area contributed by atoms with E-state index in [4.69, 9.17) is 9.47 Å². The summed E-state index contributed by atoms with van der Waals surface area (Å²) in [5, 5.41) is 5.25. The lowest BCUT2D eigenvalue weighted by Crippen LogP contribution is -2.43. The first-order valence-electron chi connectivity index (χ1n) is 11.5. The van der Waals surface area contributed by atoms with Gasteiger partial charge in [-0.25, -0.2) is 13.4 Å². The molecule has 2 heterocycles. The van der Waals surface area contributed by atoms with Gasteiger partial charge in [0.05, 0.1) is 30.2 Å². The van der Waals surface area contributed by atoms with Gasteiger partial charge >= 0.3 is 0 Å². The Morgan fingerprint density at radius 3 is 2.54 bits per heavy atom. The summed E-state index contributed by atoms with van der Waals surface area (Å²) in [4.78, 5) is 17.7. The van der Waals surface area contributed by atoms with E-state index in [0.717, 1.165) is 23.4 Å². The zero-order valence-electron chi connectivity index (χ0n) is 19.8. The molecule has 1 fully saturated rings. The first-order valence-corrected chi connectivity index (χ1v) is 13.9. The van der Waals surface area contributed by atoms with Crippen molar-refractivity contribution < 1.29 is 22.7 Å². The molecule has 0 spiro atoms. The van der Waals surface area contributed by atoms with Crippen LogP contribution in [-0.4, -0.2) is 50.4 Å². The molecule has 1 saturated heterocycles. The van der Waals surface area contributed by atoms with Gasteiger partial charge in [-0.05, 0) is 67.8 Å². The summed E-state index contributed by atoms with van der Waals surface area (Å²) in [6.45, 7) is 3.26. The van der Waals surface area contributed by atoms with Gasteiger partial charge in [-0.15, -0.1) is 11.3 Å². The Labute approximate surface area is 210 Å². The molecule has 1 N–H and O–H groups in total. The molecule has 0 aliphatic carbocycles. The molecule has 1 aliphatic heterocycles. The molecule has 2 aromatic carbocycles. The summed E-state index contributed by atoms with van der Waals surface area (Å²) in [5.74, 6) is 0.734. The quantitative estimate of drug-likeness (QED) is 0.446. The van der Waals surface area contributed by atoms with Crippen molar-refractivity contribution in [2.24, 2.45) is 5.92 Å². The number of nitrogens with one attached hydrogen (secondary N) is 1. The first-order chi connectivity index (χ1) is 16.9. The fourth-order valence-corrected chi connectivity index (χ4v) is 6.13. The highest BCUT2D eigenvalue weighted by molar-refractivity contribution is 7.89. The predicted molar refractivity (Wildman–Crippen MR) is 136 cm³/mol. The molecular weight excluding hydrogens is 486 g/mol. The van der Waals surface area contributed by atoms with Gasteiger partial charge in [0.1, 0.15) is 11.5 Å². The minimum absolute atomic E-state index is 0.137. The van der Waals surface area contributed by atoms with Crippen molar-refractivity contribution in [3.05, 3.63) is 53.9 Å². The van der Waals surface area contributed by atoms with E-state index in [1.54, 1.807) is 12.1 Å². The molecule has 35 heavy (non-hydrogen) atoms. The Bertz CT molecular complexity index is 1240. The molecule has 1 aromatic heterocycles. The van der Waals surface area contributed by atoms with Gasteiger partial charge in [0.25, 0.3) is 0 Å². The van der Waals surface area contributed by atoms with Crippen LogP contribution in [-0.2, 0) is 14.8 Å². The SMILES string of the molecule is CCCOc1ccc(-c2csc(NC(=O)C3CCCN(S(=O)(=O)c4ccc(OC)cc4)C3)n2)cc1.